The highest BCUT2D eigenvalue weighted by Gasteiger charge is 2.35. The smallest absolute Gasteiger partial charge is 0.104 e. The minimum Gasteiger partial charge on any atom is -0.300 e. The van der Waals surface area contributed by atoms with Gasteiger partial charge in [-0.1, -0.05) is 12.8 Å². The first-order valence-corrected chi connectivity index (χ1v) is 9.13. The maximum Gasteiger partial charge on any atom is 0.104 e. The lowest BCUT2D eigenvalue weighted by Crippen LogP contribution is -2.42. The number of hydrogen-bond acceptors (Lipinski definition) is 3. The van der Waals surface area contributed by atoms with E-state index >= 15 is 0 Å². The van der Waals surface area contributed by atoms with Gasteiger partial charge in [0.15, 0.2) is 0 Å². The van der Waals surface area contributed by atoms with Crippen LogP contribution in [0.15, 0.2) is 0 Å². The van der Waals surface area contributed by atoms with E-state index < -0.39 is 0 Å². The molecule has 2 saturated carbocycles. The maximum absolute atomic E-state index is 9.40. The maximum atomic E-state index is 9.40. The predicted molar refractivity (Wildman–Crippen MR) is 86.0 cm³/mol. The quantitative estimate of drug-likeness (QED) is 0.730. The molecule has 3 atom stereocenters. The first-order chi connectivity index (χ1) is 10.2. The van der Waals surface area contributed by atoms with E-state index in [0.29, 0.717) is 6.04 Å². The Labute approximate surface area is 130 Å². The Balaban J connectivity index is 1.37. The molecule has 0 amide bonds. The number of fused-ring (bicyclic) bond motifs is 1. The number of likely N-dealkylation sites (tertiary alicyclic amines) is 1. The van der Waals surface area contributed by atoms with Crippen molar-refractivity contribution >= 4 is 0 Å². The van der Waals surface area contributed by atoms with Crippen LogP contribution in [-0.4, -0.2) is 35.6 Å². The molecule has 3 rings (SSSR count). The minimum absolute atomic E-state index is 0.292. The zero-order valence-corrected chi connectivity index (χ0v) is 13.6. The van der Waals surface area contributed by atoms with Crippen molar-refractivity contribution < 1.29 is 0 Å². The third kappa shape index (κ3) is 3.99. The van der Waals surface area contributed by atoms with Crippen molar-refractivity contribution in [1.29, 1.82) is 5.26 Å². The molecular formula is C18H31N3. The molecule has 3 nitrogen and oxygen atoms in total. The first-order valence-electron chi connectivity index (χ1n) is 9.13. The summed E-state index contributed by atoms with van der Waals surface area (Å²) in [4.78, 5) is 2.75. The third-order valence-corrected chi connectivity index (χ3v) is 5.84. The summed E-state index contributed by atoms with van der Waals surface area (Å²) in [6.45, 7) is 4.66. The van der Waals surface area contributed by atoms with Crippen LogP contribution in [-0.2, 0) is 0 Å². The Bertz CT molecular complexity index is 384. The molecule has 0 radical (unpaired) electrons. The highest BCUT2D eigenvalue weighted by atomic mass is 15.2. The molecule has 3 aliphatic rings. The molecule has 2 aliphatic carbocycles. The summed E-state index contributed by atoms with van der Waals surface area (Å²) in [7, 11) is 0. The van der Waals surface area contributed by atoms with Crippen molar-refractivity contribution in [2.45, 2.75) is 88.8 Å². The van der Waals surface area contributed by atoms with Crippen LogP contribution >= 0.6 is 0 Å². The molecule has 3 fully saturated rings. The molecule has 0 aromatic heterocycles. The summed E-state index contributed by atoms with van der Waals surface area (Å²) in [5.74, 6) is 1.000. The van der Waals surface area contributed by atoms with Crippen LogP contribution in [0.1, 0.15) is 71.1 Å². The molecule has 1 saturated heterocycles. The van der Waals surface area contributed by atoms with E-state index in [2.05, 4.69) is 23.2 Å². The van der Waals surface area contributed by atoms with Crippen molar-refractivity contribution in [3.63, 3.8) is 0 Å². The van der Waals surface area contributed by atoms with Gasteiger partial charge in [0.25, 0.3) is 0 Å². The van der Waals surface area contributed by atoms with Gasteiger partial charge in [0.2, 0.25) is 0 Å². The first kappa shape index (κ1) is 15.3. The zero-order chi connectivity index (χ0) is 14.7. The van der Waals surface area contributed by atoms with E-state index in [1.54, 1.807) is 0 Å². The second-order valence-electron chi connectivity index (χ2n) is 7.76. The van der Waals surface area contributed by atoms with E-state index in [0.717, 1.165) is 18.4 Å². The molecule has 0 bridgehead atoms. The Morgan fingerprint density at radius 1 is 1.14 bits per heavy atom. The summed E-state index contributed by atoms with van der Waals surface area (Å²) >= 11 is 0. The van der Waals surface area contributed by atoms with Gasteiger partial charge in [-0.05, 0) is 77.3 Å². The minimum atomic E-state index is -0.292. The molecule has 0 spiro atoms. The molecule has 118 valence electrons. The molecule has 0 aromatic carbocycles. The van der Waals surface area contributed by atoms with Crippen molar-refractivity contribution in [1.82, 2.24) is 10.2 Å². The van der Waals surface area contributed by atoms with E-state index in [9.17, 15) is 5.26 Å². The lowest BCUT2D eigenvalue weighted by molar-refractivity contribution is 0.178. The second-order valence-corrected chi connectivity index (χ2v) is 7.76. The van der Waals surface area contributed by atoms with Gasteiger partial charge >= 0.3 is 0 Å². The number of hydrogen-bond donors (Lipinski definition) is 1. The van der Waals surface area contributed by atoms with Gasteiger partial charge in [-0.25, -0.2) is 0 Å². The highest BCUT2D eigenvalue weighted by Crippen LogP contribution is 2.36. The van der Waals surface area contributed by atoms with Gasteiger partial charge in [-0.2, -0.15) is 5.26 Å². The van der Waals surface area contributed by atoms with Gasteiger partial charge in [0.1, 0.15) is 5.54 Å². The molecule has 1 N–H and O–H groups in total. The molecule has 21 heavy (non-hydrogen) atoms. The fourth-order valence-electron chi connectivity index (χ4n) is 4.41. The van der Waals surface area contributed by atoms with Crippen LogP contribution in [0, 0.1) is 17.2 Å². The lowest BCUT2D eigenvalue weighted by atomic mass is 9.85. The van der Waals surface area contributed by atoms with Gasteiger partial charge in [-0.15, -0.1) is 0 Å². The third-order valence-electron chi connectivity index (χ3n) is 5.84. The monoisotopic (exact) mass is 289 g/mol. The molecule has 1 heterocycles. The summed E-state index contributed by atoms with van der Waals surface area (Å²) in [6, 6.07) is 4.01. The normalized spacial score (nSPS) is 32.4. The fraction of sp³-hybridized carbons (Fsp3) is 0.944. The number of nitriles is 1. The Kier molecular flexibility index (Phi) is 4.86. The van der Waals surface area contributed by atoms with Crippen LogP contribution in [0.2, 0.25) is 0 Å². The van der Waals surface area contributed by atoms with Crippen molar-refractivity contribution in [3.8, 4) is 6.07 Å². The number of rotatable bonds is 7. The van der Waals surface area contributed by atoms with E-state index in [4.69, 9.17) is 0 Å². The molecule has 3 unspecified atom stereocenters. The average Bonchev–Trinajstić information content (AvgIpc) is 3.21. The number of nitrogens with one attached hydrogen (secondary N) is 1. The largest absolute Gasteiger partial charge is 0.300 e. The standard InChI is InChI=1S/C18H31N3/c1-18(14-19,20-16-8-9-16)11-4-5-12-21-13-10-15-6-2-3-7-17(15)21/h15-17,20H,2-13H2,1H3. The van der Waals surface area contributed by atoms with Gasteiger partial charge in [0, 0.05) is 12.1 Å². The van der Waals surface area contributed by atoms with Gasteiger partial charge in [0.05, 0.1) is 6.07 Å². The highest BCUT2D eigenvalue weighted by molar-refractivity contribution is 5.07. The Morgan fingerprint density at radius 2 is 1.95 bits per heavy atom. The molecular weight excluding hydrogens is 258 g/mol. The number of unbranched alkanes of at least 4 members (excludes halogenated alkanes) is 1. The predicted octanol–water partition coefficient (Wildman–Crippen LogP) is 3.46. The summed E-state index contributed by atoms with van der Waals surface area (Å²) < 4.78 is 0. The van der Waals surface area contributed by atoms with Crippen molar-refractivity contribution in [2.24, 2.45) is 5.92 Å². The summed E-state index contributed by atoms with van der Waals surface area (Å²) in [5, 5.41) is 12.9. The fourth-order valence-corrected chi connectivity index (χ4v) is 4.41. The van der Waals surface area contributed by atoms with Crippen molar-refractivity contribution in [3.05, 3.63) is 0 Å². The van der Waals surface area contributed by atoms with Crippen LogP contribution in [0.3, 0.4) is 0 Å². The van der Waals surface area contributed by atoms with Gasteiger partial charge in [-0.3, -0.25) is 5.32 Å². The molecule has 0 aromatic rings. The van der Waals surface area contributed by atoms with Crippen LogP contribution in [0.5, 0.6) is 0 Å². The van der Waals surface area contributed by atoms with Gasteiger partial charge < -0.3 is 4.90 Å². The average molecular weight is 289 g/mol. The zero-order valence-electron chi connectivity index (χ0n) is 13.6. The lowest BCUT2D eigenvalue weighted by Gasteiger charge is -2.32. The van der Waals surface area contributed by atoms with Crippen LogP contribution in [0.4, 0.5) is 0 Å². The van der Waals surface area contributed by atoms with Crippen LogP contribution in [0.25, 0.3) is 0 Å². The Morgan fingerprint density at radius 3 is 2.71 bits per heavy atom. The second kappa shape index (κ2) is 6.67. The van der Waals surface area contributed by atoms with E-state index in [1.807, 2.05) is 0 Å². The summed E-state index contributed by atoms with van der Waals surface area (Å²) in [5.41, 5.74) is -0.292. The number of nitrogens with zero attached hydrogens (tertiary/aromatic N) is 2. The Hall–Kier alpha value is -0.590. The van der Waals surface area contributed by atoms with E-state index in [-0.39, 0.29) is 5.54 Å². The SMILES string of the molecule is CC(C#N)(CCCCN1CCC2CCCCC21)NC1CC1. The molecule has 1 aliphatic heterocycles. The van der Waals surface area contributed by atoms with Crippen LogP contribution < -0.4 is 5.32 Å². The topological polar surface area (TPSA) is 39.1 Å². The van der Waals surface area contributed by atoms with E-state index in [1.165, 1.54) is 70.9 Å². The van der Waals surface area contributed by atoms with Crippen molar-refractivity contribution in [2.75, 3.05) is 13.1 Å². The molecule has 3 heteroatoms. The summed E-state index contributed by atoms with van der Waals surface area (Å²) in [6.07, 6.45) is 13.2.